The Morgan fingerprint density at radius 1 is 1.31 bits per heavy atom. The minimum absolute atomic E-state index is 0.0514. The van der Waals surface area contributed by atoms with Crippen LogP contribution in [0.3, 0.4) is 0 Å². The summed E-state index contributed by atoms with van der Waals surface area (Å²) in [5.41, 5.74) is 1.44. The van der Waals surface area contributed by atoms with Gasteiger partial charge < -0.3 is 14.5 Å². The molecule has 0 atom stereocenters. The number of amides is 1. The van der Waals surface area contributed by atoms with E-state index in [1.807, 2.05) is 32.0 Å². The van der Waals surface area contributed by atoms with Gasteiger partial charge in [0.15, 0.2) is 5.69 Å². The van der Waals surface area contributed by atoms with E-state index in [-0.39, 0.29) is 11.9 Å². The van der Waals surface area contributed by atoms with Crippen LogP contribution in [0.15, 0.2) is 34.9 Å². The molecule has 2 heterocycles. The number of hydrogen-bond donors (Lipinski definition) is 1. The molecular formula is C21H29ClN4O3. The van der Waals surface area contributed by atoms with Crippen molar-refractivity contribution in [1.29, 1.82) is 0 Å². The molecule has 0 saturated carbocycles. The Morgan fingerprint density at radius 3 is 2.83 bits per heavy atom. The summed E-state index contributed by atoms with van der Waals surface area (Å²) in [4.78, 5) is 21.2. The van der Waals surface area contributed by atoms with Gasteiger partial charge in [0.1, 0.15) is 6.26 Å². The molecule has 1 aliphatic rings. The van der Waals surface area contributed by atoms with Crippen LogP contribution in [-0.2, 0) is 17.8 Å². The minimum Gasteiger partial charge on any atom is -0.447 e. The van der Waals surface area contributed by atoms with Crippen molar-refractivity contribution in [2.45, 2.75) is 33.0 Å². The lowest BCUT2D eigenvalue weighted by atomic mass is 10.2. The summed E-state index contributed by atoms with van der Waals surface area (Å²) < 4.78 is 11.0. The summed E-state index contributed by atoms with van der Waals surface area (Å²) in [5, 5.41) is 3.55. The Hall–Kier alpha value is -1.93. The maximum Gasteiger partial charge on any atom is 0.273 e. The predicted octanol–water partition coefficient (Wildman–Crippen LogP) is 2.80. The summed E-state index contributed by atoms with van der Waals surface area (Å²) in [6.07, 6.45) is 1.42. The lowest BCUT2D eigenvalue weighted by Gasteiger charge is -2.29. The molecule has 1 amide bonds. The standard InChI is InChI=1S/C21H29ClN4O3/c1-16(2)23-21(27)19-15-29-20(24-19)14-26(7-6-25-8-10-28-11-9-25)13-17-4-3-5-18(22)12-17/h3-5,12,15-16H,6-11,13-14H2,1-2H3,(H,23,27). The molecular weight excluding hydrogens is 392 g/mol. The van der Waals surface area contributed by atoms with Gasteiger partial charge in [0.2, 0.25) is 5.89 Å². The molecule has 2 aromatic rings. The summed E-state index contributed by atoms with van der Waals surface area (Å²) in [6.45, 7) is 10.3. The molecule has 0 aliphatic carbocycles. The van der Waals surface area contributed by atoms with E-state index < -0.39 is 0 Å². The van der Waals surface area contributed by atoms with Crippen LogP contribution in [0, 0.1) is 0 Å². The molecule has 0 spiro atoms. The molecule has 0 radical (unpaired) electrons. The first-order valence-corrected chi connectivity index (χ1v) is 10.4. The van der Waals surface area contributed by atoms with Gasteiger partial charge in [-0.1, -0.05) is 23.7 Å². The summed E-state index contributed by atoms with van der Waals surface area (Å²) in [6, 6.07) is 7.91. The van der Waals surface area contributed by atoms with Crippen LogP contribution >= 0.6 is 11.6 Å². The summed E-state index contributed by atoms with van der Waals surface area (Å²) in [7, 11) is 0. The molecule has 0 bridgehead atoms. The number of rotatable bonds is 9. The zero-order valence-electron chi connectivity index (χ0n) is 17.1. The Balaban J connectivity index is 1.65. The first-order valence-electron chi connectivity index (χ1n) is 10.0. The van der Waals surface area contributed by atoms with E-state index in [4.69, 9.17) is 20.8 Å². The SMILES string of the molecule is CC(C)NC(=O)c1coc(CN(CCN2CCOCC2)Cc2cccc(Cl)c2)n1. The molecule has 1 aliphatic heterocycles. The van der Waals surface area contributed by atoms with Crippen LogP contribution in [0.1, 0.15) is 35.8 Å². The van der Waals surface area contributed by atoms with Crippen LogP contribution in [0.5, 0.6) is 0 Å². The van der Waals surface area contributed by atoms with Gasteiger partial charge in [-0.05, 0) is 31.5 Å². The Bertz CT molecular complexity index is 790. The van der Waals surface area contributed by atoms with E-state index in [0.717, 1.165) is 56.5 Å². The molecule has 3 rings (SSSR count). The van der Waals surface area contributed by atoms with Crippen molar-refractivity contribution >= 4 is 17.5 Å². The monoisotopic (exact) mass is 420 g/mol. The molecule has 7 nitrogen and oxygen atoms in total. The highest BCUT2D eigenvalue weighted by molar-refractivity contribution is 6.30. The van der Waals surface area contributed by atoms with Crippen molar-refractivity contribution in [1.82, 2.24) is 20.1 Å². The van der Waals surface area contributed by atoms with Crippen molar-refractivity contribution in [3.63, 3.8) is 0 Å². The number of carbonyl (C=O) groups excluding carboxylic acids is 1. The number of hydrogen-bond acceptors (Lipinski definition) is 6. The van der Waals surface area contributed by atoms with Gasteiger partial charge in [-0.15, -0.1) is 0 Å². The highest BCUT2D eigenvalue weighted by Crippen LogP contribution is 2.15. The molecule has 1 N–H and O–H groups in total. The lowest BCUT2D eigenvalue weighted by molar-refractivity contribution is 0.0320. The fourth-order valence-corrected chi connectivity index (χ4v) is 3.44. The number of ether oxygens (including phenoxy) is 1. The minimum atomic E-state index is -0.218. The first-order chi connectivity index (χ1) is 14.0. The normalized spacial score (nSPS) is 15.2. The number of oxazole rings is 1. The van der Waals surface area contributed by atoms with Crippen LogP contribution in [0.2, 0.25) is 5.02 Å². The maximum absolute atomic E-state index is 12.1. The van der Waals surface area contributed by atoms with Gasteiger partial charge in [0, 0.05) is 43.8 Å². The third kappa shape index (κ3) is 7.12. The second kappa shape index (κ2) is 10.7. The number of nitrogens with zero attached hydrogens (tertiary/aromatic N) is 3. The molecule has 0 unspecified atom stereocenters. The van der Waals surface area contributed by atoms with Gasteiger partial charge in [-0.2, -0.15) is 0 Å². The van der Waals surface area contributed by atoms with Crippen LogP contribution < -0.4 is 5.32 Å². The highest BCUT2D eigenvalue weighted by Gasteiger charge is 2.17. The van der Waals surface area contributed by atoms with Crippen molar-refractivity contribution in [2.75, 3.05) is 39.4 Å². The zero-order valence-corrected chi connectivity index (χ0v) is 17.8. The van der Waals surface area contributed by atoms with E-state index in [1.165, 1.54) is 6.26 Å². The topological polar surface area (TPSA) is 70.8 Å². The third-order valence-electron chi connectivity index (χ3n) is 4.69. The fourth-order valence-electron chi connectivity index (χ4n) is 3.23. The molecule has 29 heavy (non-hydrogen) atoms. The van der Waals surface area contributed by atoms with Crippen LogP contribution in [-0.4, -0.2) is 66.1 Å². The van der Waals surface area contributed by atoms with E-state index in [2.05, 4.69) is 26.2 Å². The average molecular weight is 421 g/mol. The largest absolute Gasteiger partial charge is 0.447 e. The van der Waals surface area contributed by atoms with E-state index >= 15 is 0 Å². The Morgan fingerprint density at radius 2 is 2.10 bits per heavy atom. The van der Waals surface area contributed by atoms with Crippen molar-refractivity contribution in [2.24, 2.45) is 0 Å². The maximum atomic E-state index is 12.1. The van der Waals surface area contributed by atoms with Crippen molar-refractivity contribution < 1.29 is 13.9 Å². The van der Waals surface area contributed by atoms with Crippen LogP contribution in [0.4, 0.5) is 0 Å². The predicted molar refractivity (Wildman–Crippen MR) is 112 cm³/mol. The third-order valence-corrected chi connectivity index (χ3v) is 4.93. The number of benzene rings is 1. The smallest absolute Gasteiger partial charge is 0.273 e. The van der Waals surface area contributed by atoms with Gasteiger partial charge in [-0.25, -0.2) is 4.98 Å². The van der Waals surface area contributed by atoms with Gasteiger partial charge >= 0.3 is 0 Å². The first kappa shape index (κ1) is 21.8. The molecule has 158 valence electrons. The number of carbonyl (C=O) groups is 1. The number of nitrogens with one attached hydrogen (secondary N) is 1. The lowest BCUT2D eigenvalue weighted by Crippen LogP contribution is -2.41. The quantitative estimate of drug-likeness (QED) is 0.672. The number of morpholine rings is 1. The van der Waals surface area contributed by atoms with Crippen molar-refractivity contribution in [3.8, 4) is 0 Å². The molecule has 1 saturated heterocycles. The second-order valence-corrected chi connectivity index (χ2v) is 7.99. The summed E-state index contributed by atoms with van der Waals surface area (Å²) >= 11 is 6.15. The van der Waals surface area contributed by atoms with Gasteiger partial charge in [-0.3, -0.25) is 14.6 Å². The van der Waals surface area contributed by atoms with Crippen molar-refractivity contribution in [3.05, 3.63) is 52.7 Å². The number of aromatic nitrogens is 1. The van der Waals surface area contributed by atoms with E-state index in [0.29, 0.717) is 18.1 Å². The van der Waals surface area contributed by atoms with Gasteiger partial charge in [0.25, 0.3) is 5.91 Å². The molecule has 1 fully saturated rings. The van der Waals surface area contributed by atoms with E-state index in [9.17, 15) is 4.79 Å². The molecule has 1 aromatic carbocycles. The number of halogens is 1. The van der Waals surface area contributed by atoms with Gasteiger partial charge in [0.05, 0.1) is 19.8 Å². The molecule has 8 heteroatoms. The Labute approximate surface area is 177 Å². The zero-order chi connectivity index (χ0) is 20.6. The van der Waals surface area contributed by atoms with Crippen LogP contribution in [0.25, 0.3) is 0 Å². The van der Waals surface area contributed by atoms with E-state index in [1.54, 1.807) is 0 Å². The average Bonchev–Trinajstić information content (AvgIpc) is 3.15. The Kier molecular flexibility index (Phi) is 8.06. The molecule has 1 aromatic heterocycles. The highest BCUT2D eigenvalue weighted by atomic mass is 35.5. The fraction of sp³-hybridized carbons (Fsp3) is 0.524. The second-order valence-electron chi connectivity index (χ2n) is 7.55. The summed E-state index contributed by atoms with van der Waals surface area (Å²) in [5.74, 6) is 0.313.